The summed E-state index contributed by atoms with van der Waals surface area (Å²) in [5.74, 6) is 1.45. The number of nitro groups is 1. The van der Waals surface area contributed by atoms with Crippen LogP contribution in [0.25, 0.3) is 0 Å². The summed E-state index contributed by atoms with van der Waals surface area (Å²) >= 11 is 0. The van der Waals surface area contributed by atoms with Crippen LogP contribution in [0.4, 0.5) is 11.5 Å². The van der Waals surface area contributed by atoms with E-state index in [0.717, 1.165) is 32.0 Å². The van der Waals surface area contributed by atoms with Crippen molar-refractivity contribution in [1.29, 1.82) is 0 Å². The second kappa shape index (κ2) is 6.65. The van der Waals surface area contributed by atoms with Gasteiger partial charge >= 0.3 is 0 Å². The van der Waals surface area contributed by atoms with Crippen LogP contribution in [0.1, 0.15) is 26.7 Å². The molecule has 0 amide bonds. The SMILES string of the molecule is CC(C)CCN1CCC(Nc2ccc([N+](=O)[O-])cn2)C1. The van der Waals surface area contributed by atoms with Crippen LogP contribution >= 0.6 is 0 Å². The molecule has 20 heavy (non-hydrogen) atoms. The smallest absolute Gasteiger partial charge is 0.287 e. The minimum Gasteiger partial charge on any atom is -0.366 e. The standard InChI is InChI=1S/C14H22N4O2/c1-11(2)5-7-17-8-6-12(10-17)16-14-4-3-13(9-15-14)18(19)20/h3-4,9,11-12H,5-8,10H2,1-2H3,(H,15,16). The van der Waals surface area contributed by atoms with Crippen LogP contribution in [0.3, 0.4) is 0 Å². The molecule has 2 heterocycles. The summed E-state index contributed by atoms with van der Waals surface area (Å²) in [6.45, 7) is 7.76. The minimum absolute atomic E-state index is 0.0283. The fourth-order valence-electron chi connectivity index (χ4n) is 2.38. The van der Waals surface area contributed by atoms with Crippen LogP contribution in [-0.4, -0.2) is 40.5 Å². The molecule has 0 aliphatic carbocycles. The molecule has 1 fully saturated rings. The van der Waals surface area contributed by atoms with E-state index in [1.165, 1.54) is 18.7 Å². The number of hydrogen-bond acceptors (Lipinski definition) is 5. The first-order chi connectivity index (χ1) is 9.54. The fraction of sp³-hybridized carbons (Fsp3) is 0.643. The Morgan fingerprint density at radius 2 is 2.35 bits per heavy atom. The number of rotatable bonds is 6. The highest BCUT2D eigenvalue weighted by atomic mass is 16.6. The molecule has 2 rings (SSSR count). The van der Waals surface area contributed by atoms with Crippen LogP contribution in [-0.2, 0) is 0 Å². The fourth-order valence-corrected chi connectivity index (χ4v) is 2.38. The van der Waals surface area contributed by atoms with Gasteiger partial charge in [0.2, 0.25) is 0 Å². The lowest BCUT2D eigenvalue weighted by Gasteiger charge is -2.17. The zero-order chi connectivity index (χ0) is 14.5. The van der Waals surface area contributed by atoms with Gasteiger partial charge in [-0.2, -0.15) is 0 Å². The van der Waals surface area contributed by atoms with Crippen LogP contribution in [0, 0.1) is 16.0 Å². The average molecular weight is 278 g/mol. The number of anilines is 1. The maximum absolute atomic E-state index is 10.6. The molecular weight excluding hydrogens is 256 g/mol. The van der Waals surface area contributed by atoms with Gasteiger partial charge in [-0.1, -0.05) is 13.8 Å². The quantitative estimate of drug-likeness (QED) is 0.639. The summed E-state index contributed by atoms with van der Waals surface area (Å²) in [6, 6.07) is 3.55. The molecule has 1 aromatic rings. The molecule has 0 radical (unpaired) electrons. The molecule has 0 aromatic carbocycles. The Hall–Kier alpha value is -1.69. The van der Waals surface area contributed by atoms with Crippen molar-refractivity contribution in [2.75, 3.05) is 25.0 Å². The second-order valence-corrected chi connectivity index (χ2v) is 5.77. The molecule has 1 unspecified atom stereocenters. The highest BCUT2D eigenvalue weighted by Gasteiger charge is 2.22. The third-order valence-corrected chi connectivity index (χ3v) is 3.61. The first kappa shape index (κ1) is 14.7. The molecule has 1 N–H and O–H groups in total. The zero-order valence-electron chi connectivity index (χ0n) is 12.1. The van der Waals surface area contributed by atoms with E-state index in [1.807, 2.05) is 0 Å². The molecule has 0 saturated carbocycles. The van der Waals surface area contributed by atoms with Crippen molar-refractivity contribution in [3.05, 3.63) is 28.4 Å². The van der Waals surface area contributed by atoms with Gasteiger partial charge in [0.05, 0.1) is 4.92 Å². The van der Waals surface area contributed by atoms with E-state index in [2.05, 4.69) is 29.0 Å². The van der Waals surface area contributed by atoms with E-state index in [9.17, 15) is 10.1 Å². The second-order valence-electron chi connectivity index (χ2n) is 5.77. The van der Waals surface area contributed by atoms with Gasteiger partial charge in [0, 0.05) is 25.2 Å². The molecule has 1 aliphatic heterocycles. The monoisotopic (exact) mass is 278 g/mol. The Kier molecular flexibility index (Phi) is 4.89. The Morgan fingerprint density at radius 3 is 2.95 bits per heavy atom. The molecular formula is C14H22N4O2. The molecule has 1 aromatic heterocycles. The highest BCUT2D eigenvalue weighted by molar-refractivity contribution is 5.41. The summed E-state index contributed by atoms with van der Waals surface area (Å²) in [4.78, 5) is 16.7. The Labute approximate surface area is 119 Å². The number of aromatic nitrogens is 1. The maximum atomic E-state index is 10.6. The van der Waals surface area contributed by atoms with Gasteiger partial charge in [-0.3, -0.25) is 10.1 Å². The molecule has 110 valence electrons. The van der Waals surface area contributed by atoms with Gasteiger partial charge in [0.15, 0.2) is 0 Å². The van der Waals surface area contributed by atoms with Crippen LogP contribution in [0.2, 0.25) is 0 Å². The van der Waals surface area contributed by atoms with Gasteiger partial charge in [-0.15, -0.1) is 0 Å². The Balaban J connectivity index is 1.81. The summed E-state index contributed by atoms with van der Waals surface area (Å²) in [6.07, 6.45) is 3.62. The normalized spacial score (nSPS) is 19.4. The molecule has 1 saturated heterocycles. The first-order valence-corrected chi connectivity index (χ1v) is 7.14. The van der Waals surface area contributed by atoms with Crippen molar-refractivity contribution in [1.82, 2.24) is 9.88 Å². The topological polar surface area (TPSA) is 71.3 Å². The average Bonchev–Trinajstić information content (AvgIpc) is 2.84. The van der Waals surface area contributed by atoms with Crippen molar-refractivity contribution in [3.63, 3.8) is 0 Å². The predicted octanol–water partition coefficient (Wildman–Crippen LogP) is 2.52. The van der Waals surface area contributed by atoms with Crippen LogP contribution in [0.5, 0.6) is 0 Å². The van der Waals surface area contributed by atoms with Crippen molar-refractivity contribution in [3.8, 4) is 0 Å². The van der Waals surface area contributed by atoms with Gasteiger partial charge < -0.3 is 10.2 Å². The number of pyridine rings is 1. The van der Waals surface area contributed by atoms with Crippen LogP contribution < -0.4 is 5.32 Å². The van der Waals surface area contributed by atoms with Crippen LogP contribution in [0.15, 0.2) is 18.3 Å². The van der Waals surface area contributed by atoms with Crippen molar-refractivity contribution >= 4 is 11.5 Å². The molecule has 1 aliphatic rings. The van der Waals surface area contributed by atoms with Gasteiger partial charge in [0.1, 0.15) is 12.0 Å². The number of nitrogens with one attached hydrogen (secondary N) is 1. The van der Waals surface area contributed by atoms with Crippen molar-refractivity contribution < 1.29 is 4.92 Å². The van der Waals surface area contributed by atoms with Gasteiger partial charge in [-0.05, 0) is 31.4 Å². The zero-order valence-corrected chi connectivity index (χ0v) is 12.1. The van der Waals surface area contributed by atoms with Gasteiger partial charge in [0.25, 0.3) is 5.69 Å². The van der Waals surface area contributed by atoms with E-state index in [-0.39, 0.29) is 5.69 Å². The van der Waals surface area contributed by atoms with E-state index >= 15 is 0 Å². The van der Waals surface area contributed by atoms with Gasteiger partial charge in [-0.25, -0.2) is 4.98 Å². The van der Waals surface area contributed by atoms with Crippen molar-refractivity contribution in [2.24, 2.45) is 5.92 Å². The lowest BCUT2D eigenvalue weighted by atomic mass is 10.1. The third-order valence-electron chi connectivity index (χ3n) is 3.61. The molecule has 0 spiro atoms. The molecule has 1 atom stereocenters. The number of likely N-dealkylation sites (tertiary alicyclic amines) is 1. The minimum atomic E-state index is -0.431. The van der Waals surface area contributed by atoms with E-state index in [4.69, 9.17) is 0 Å². The summed E-state index contributed by atoms with van der Waals surface area (Å²) in [5.41, 5.74) is 0.0283. The van der Waals surface area contributed by atoms with E-state index in [0.29, 0.717) is 11.9 Å². The highest BCUT2D eigenvalue weighted by Crippen LogP contribution is 2.17. The molecule has 6 nitrogen and oxygen atoms in total. The molecule has 0 bridgehead atoms. The summed E-state index contributed by atoms with van der Waals surface area (Å²) in [5, 5.41) is 13.9. The summed E-state index contributed by atoms with van der Waals surface area (Å²) in [7, 11) is 0. The van der Waals surface area contributed by atoms with E-state index < -0.39 is 4.92 Å². The van der Waals surface area contributed by atoms with E-state index in [1.54, 1.807) is 6.07 Å². The largest absolute Gasteiger partial charge is 0.366 e. The lowest BCUT2D eigenvalue weighted by molar-refractivity contribution is -0.385. The maximum Gasteiger partial charge on any atom is 0.287 e. The number of hydrogen-bond donors (Lipinski definition) is 1. The third kappa shape index (κ3) is 4.16. The molecule has 6 heteroatoms. The predicted molar refractivity (Wildman–Crippen MR) is 78.8 cm³/mol. The first-order valence-electron chi connectivity index (χ1n) is 7.14. The summed E-state index contributed by atoms with van der Waals surface area (Å²) < 4.78 is 0. The number of nitrogens with zero attached hydrogens (tertiary/aromatic N) is 3. The Morgan fingerprint density at radius 1 is 1.55 bits per heavy atom. The Bertz CT molecular complexity index is 447. The van der Waals surface area contributed by atoms with Crippen molar-refractivity contribution in [2.45, 2.75) is 32.7 Å². The lowest BCUT2D eigenvalue weighted by Crippen LogP contribution is -2.27.